The summed E-state index contributed by atoms with van der Waals surface area (Å²) < 4.78 is 45.1. The standard InChI is InChI=1S/C24H23F3N6O3/c1-13-19(21(34)36-3)20(18-8-7-14(11-28)9-15(18)12-31-2)33(23(30)35)22(29)32(13)17-6-4-5-16(10-17)24(25,26)27/h4-10,20,29,31H,12H2,1-3H3,(H2,30,35)/t20-/m1/s1. The van der Waals surface area contributed by atoms with Crippen LogP contribution in [0.25, 0.3) is 0 Å². The highest BCUT2D eigenvalue weighted by molar-refractivity contribution is 6.10. The Hall–Kier alpha value is -4.37. The zero-order chi connectivity index (χ0) is 26.8. The SMILES string of the molecule is CNCc1cc(C#N)ccc1[C@@H]1C(C(=O)OC)=C(C)N(c2cccc(C(F)(F)F)c2)C(=N)N1C(N)=O. The second-order valence-electron chi connectivity index (χ2n) is 7.86. The maximum Gasteiger partial charge on any atom is 0.416 e. The van der Waals surface area contributed by atoms with Gasteiger partial charge in [0, 0.05) is 17.9 Å². The highest BCUT2D eigenvalue weighted by Gasteiger charge is 2.44. The Morgan fingerprint density at radius 3 is 2.50 bits per heavy atom. The molecule has 0 unspecified atom stereocenters. The van der Waals surface area contributed by atoms with Gasteiger partial charge >= 0.3 is 18.2 Å². The molecule has 9 nitrogen and oxygen atoms in total. The topological polar surface area (TPSA) is 136 Å². The average Bonchev–Trinajstić information content (AvgIpc) is 2.83. The smallest absolute Gasteiger partial charge is 0.416 e. The third-order valence-electron chi connectivity index (χ3n) is 5.71. The van der Waals surface area contributed by atoms with Crippen molar-refractivity contribution in [3.8, 4) is 6.07 Å². The number of esters is 1. The fourth-order valence-electron chi connectivity index (χ4n) is 4.15. The third-order valence-corrected chi connectivity index (χ3v) is 5.71. The maximum atomic E-state index is 13.4. The first-order valence-corrected chi connectivity index (χ1v) is 10.6. The Morgan fingerprint density at radius 2 is 1.94 bits per heavy atom. The highest BCUT2D eigenvalue weighted by Crippen LogP contribution is 2.41. The van der Waals surface area contributed by atoms with Crippen LogP contribution < -0.4 is 16.0 Å². The summed E-state index contributed by atoms with van der Waals surface area (Å²) in [4.78, 5) is 27.5. The number of allylic oxidation sites excluding steroid dienone is 1. The lowest BCUT2D eigenvalue weighted by atomic mass is 9.89. The van der Waals surface area contributed by atoms with E-state index < -0.39 is 35.7 Å². The van der Waals surface area contributed by atoms with Gasteiger partial charge in [-0.2, -0.15) is 18.4 Å². The van der Waals surface area contributed by atoms with Crippen LogP contribution in [-0.4, -0.2) is 37.0 Å². The summed E-state index contributed by atoms with van der Waals surface area (Å²) in [6, 6.07) is 8.40. The lowest BCUT2D eigenvalue weighted by molar-refractivity contribution is -0.138. The molecular weight excluding hydrogens is 477 g/mol. The molecule has 36 heavy (non-hydrogen) atoms. The number of nitriles is 1. The minimum Gasteiger partial charge on any atom is -0.466 e. The Bertz CT molecular complexity index is 1300. The van der Waals surface area contributed by atoms with Gasteiger partial charge in [-0.05, 0) is 55.4 Å². The molecule has 188 valence electrons. The van der Waals surface area contributed by atoms with Gasteiger partial charge in [0.05, 0.1) is 29.9 Å². The van der Waals surface area contributed by atoms with Gasteiger partial charge in [-0.3, -0.25) is 15.2 Å². The van der Waals surface area contributed by atoms with Crippen LogP contribution in [0.4, 0.5) is 23.7 Å². The molecule has 12 heteroatoms. The summed E-state index contributed by atoms with van der Waals surface area (Å²) in [6.45, 7) is 1.68. The summed E-state index contributed by atoms with van der Waals surface area (Å²) in [6.07, 6.45) is -4.66. The molecule has 2 amide bonds. The summed E-state index contributed by atoms with van der Waals surface area (Å²) in [5.41, 5.74) is 5.80. The molecule has 2 aromatic carbocycles. The first-order chi connectivity index (χ1) is 17.0. The number of guanidine groups is 1. The van der Waals surface area contributed by atoms with Crippen molar-refractivity contribution in [1.29, 1.82) is 10.7 Å². The number of primary amides is 1. The summed E-state index contributed by atoms with van der Waals surface area (Å²) in [5.74, 6) is -1.43. The van der Waals surface area contributed by atoms with Crippen molar-refractivity contribution < 1.29 is 27.5 Å². The molecule has 1 aliphatic rings. The molecular formula is C24H23F3N6O3. The van der Waals surface area contributed by atoms with E-state index in [0.717, 1.165) is 35.1 Å². The van der Waals surface area contributed by atoms with Crippen LogP contribution in [0.1, 0.15) is 35.2 Å². The van der Waals surface area contributed by atoms with Gasteiger partial charge in [-0.15, -0.1) is 0 Å². The van der Waals surface area contributed by atoms with Crippen LogP contribution in [0.15, 0.2) is 53.7 Å². The third kappa shape index (κ3) is 4.73. The molecule has 0 spiro atoms. The molecule has 0 bridgehead atoms. The fourth-order valence-corrected chi connectivity index (χ4v) is 4.15. The number of nitrogens with zero attached hydrogens (tertiary/aromatic N) is 3. The van der Waals surface area contributed by atoms with E-state index in [1.165, 1.54) is 25.1 Å². The van der Waals surface area contributed by atoms with Gasteiger partial charge < -0.3 is 15.8 Å². The number of ether oxygens (including phenoxy) is 1. The van der Waals surface area contributed by atoms with Crippen molar-refractivity contribution in [1.82, 2.24) is 10.2 Å². The van der Waals surface area contributed by atoms with Gasteiger partial charge in [-0.1, -0.05) is 12.1 Å². The summed E-state index contributed by atoms with van der Waals surface area (Å²) in [5, 5.41) is 21.0. The van der Waals surface area contributed by atoms with Gasteiger partial charge in [0.25, 0.3) is 0 Å². The zero-order valence-corrected chi connectivity index (χ0v) is 19.6. The predicted octanol–water partition coefficient (Wildman–Crippen LogP) is 3.62. The molecule has 4 N–H and O–H groups in total. The normalized spacial score (nSPS) is 16.1. The van der Waals surface area contributed by atoms with E-state index in [0.29, 0.717) is 16.7 Å². The number of carbonyl (C=O) groups is 2. The molecule has 0 aliphatic carbocycles. The number of methoxy groups -OCH3 is 1. The van der Waals surface area contributed by atoms with E-state index in [2.05, 4.69) is 5.32 Å². The van der Waals surface area contributed by atoms with Crippen molar-refractivity contribution in [3.63, 3.8) is 0 Å². The average molecular weight is 500 g/mol. The number of hydrogen-bond donors (Lipinski definition) is 3. The van der Waals surface area contributed by atoms with Crippen LogP contribution in [0, 0.1) is 16.7 Å². The quantitative estimate of drug-likeness (QED) is 0.537. The first kappa shape index (κ1) is 26.2. The lowest BCUT2D eigenvalue weighted by Gasteiger charge is -2.43. The minimum absolute atomic E-state index is 0.0773. The monoisotopic (exact) mass is 500 g/mol. The van der Waals surface area contributed by atoms with Crippen LogP contribution in [-0.2, 0) is 22.3 Å². The largest absolute Gasteiger partial charge is 0.466 e. The Kier molecular flexibility index (Phi) is 7.35. The van der Waals surface area contributed by atoms with Gasteiger partial charge in [0.2, 0.25) is 5.96 Å². The number of carbonyl (C=O) groups excluding carboxylic acids is 2. The molecule has 3 rings (SSSR count). The molecule has 1 heterocycles. The second kappa shape index (κ2) is 10.1. The van der Waals surface area contributed by atoms with Gasteiger partial charge in [-0.25, -0.2) is 9.59 Å². The van der Waals surface area contributed by atoms with E-state index in [1.807, 2.05) is 6.07 Å². The van der Waals surface area contributed by atoms with Crippen molar-refractivity contribution in [2.24, 2.45) is 5.73 Å². The van der Waals surface area contributed by atoms with E-state index >= 15 is 0 Å². The van der Waals surface area contributed by atoms with Crippen LogP contribution >= 0.6 is 0 Å². The fraction of sp³-hybridized carbons (Fsp3) is 0.250. The number of halogens is 3. The van der Waals surface area contributed by atoms with E-state index in [9.17, 15) is 28.0 Å². The molecule has 1 atom stereocenters. The number of anilines is 1. The first-order valence-electron chi connectivity index (χ1n) is 10.6. The maximum absolute atomic E-state index is 13.4. The number of urea groups is 1. The van der Waals surface area contributed by atoms with Gasteiger partial charge in [0.1, 0.15) is 6.04 Å². The van der Waals surface area contributed by atoms with Crippen LogP contribution in [0.2, 0.25) is 0 Å². The molecule has 1 aliphatic heterocycles. The van der Waals surface area contributed by atoms with Gasteiger partial charge in [0.15, 0.2) is 0 Å². The molecule has 0 saturated heterocycles. The highest BCUT2D eigenvalue weighted by atomic mass is 19.4. The predicted molar refractivity (Wildman–Crippen MR) is 124 cm³/mol. The summed E-state index contributed by atoms with van der Waals surface area (Å²) in [7, 11) is 2.78. The second-order valence-corrected chi connectivity index (χ2v) is 7.86. The van der Waals surface area contributed by atoms with Crippen LogP contribution in [0.5, 0.6) is 0 Å². The van der Waals surface area contributed by atoms with E-state index in [4.69, 9.17) is 15.9 Å². The van der Waals surface area contributed by atoms with E-state index in [1.54, 1.807) is 13.1 Å². The molecule has 0 fully saturated rings. The zero-order valence-electron chi connectivity index (χ0n) is 19.6. The van der Waals surface area contributed by atoms with Crippen molar-refractivity contribution >= 4 is 23.6 Å². The molecule has 0 radical (unpaired) electrons. The lowest BCUT2D eigenvalue weighted by Crippen LogP contribution is -2.55. The number of alkyl halides is 3. The van der Waals surface area contributed by atoms with Crippen LogP contribution in [0.3, 0.4) is 0 Å². The number of nitrogens with two attached hydrogens (primary N) is 1. The Balaban J connectivity index is 2.35. The summed E-state index contributed by atoms with van der Waals surface area (Å²) >= 11 is 0. The number of benzene rings is 2. The minimum atomic E-state index is -4.66. The number of rotatable bonds is 5. The Labute approximate surface area is 205 Å². The molecule has 0 saturated carbocycles. The van der Waals surface area contributed by atoms with E-state index in [-0.39, 0.29) is 23.5 Å². The molecule has 2 aromatic rings. The van der Waals surface area contributed by atoms with Crippen molar-refractivity contribution in [3.05, 3.63) is 76.0 Å². The Morgan fingerprint density at radius 1 is 1.25 bits per heavy atom. The number of hydrogen-bond acceptors (Lipinski definition) is 6. The van der Waals surface area contributed by atoms with Crippen molar-refractivity contribution in [2.45, 2.75) is 25.7 Å². The molecule has 0 aromatic heterocycles. The van der Waals surface area contributed by atoms with Crippen molar-refractivity contribution in [2.75, 3.05) is 19.1 Å². The number of amides is 2. The number of nitrogens with one attached hydrogen (secondary N) is 2.